The van der Waals surface area contributed by atoms with Gasteiger partial charge in [0.25, 0.3) is 0 Å². The van der Waals surface area contributed by atoms with E-state index in [-0.39, 0.29) is 10.9 Å². The molecule has 1 aliphatic heterocycles. The molecule has 0 saturated carbocycles. The molecule has 1 saturated heterocycles. The second-order valence-corrected chi connectivity index (χ2v) is 9.55. The largest absolute Gasteiger partial charge is 0.496 e. The molecular formula is C20H28N2O3S2. The molecule has 0 bridgehead atoms. The molecule has 148 valence electrons. The zero-order chi connectivity index (χ0) is 19.3. The second kappa shape index (κ2) is 9.19. The van der Waals surface area contributed by atoms with Crippen LogP contribution in [0.25, 0.3) is 0 Å². The van der Waals surface area contributed by atoms with E-state index in [0.717, 1.165) is 18.7 Å². The topological polar surface area (TPSA) is 58.6 Å². The predicted molar refractivity (Wildman–Crippen MR) is 110 cm³/mol. The standard InChI is InChI=1S/C20H28N2O3S2/c1-16-13-18(7-8-20(16)25-2)27(23,24)21-14-19(17-9-12-26-15-17)22-10-5-3-4-6-11-22/h7-9,12-13,15,19,21H,3-6,10-11,14H2,1-2H3/t19-/m1/s1. The van der Waals surface area contributed by atoms with Crippen molar-refractivity contribution in [3.8, 4) is 5.75 Å². The van der Waals surface area contributed by atoms with E-state index in [4.69, 9.17) is 4.74 Å². The maximum atomic E-state index is 12.8. The minimum atomic E-state index is -3.57. The summed E-state index contributed by atoms with van der Waals surface area (Å²) < 4.78 is 33.8. The van der Waals surface area contributed by atoms with E-state index in [0.29, 0.717) is 12.3 Å². The van der Waals surface area contributed by atoms with Crippen molar-refractivity contribution in [2.24, 2.45) is 0 Å². The third-order valence-corrected chi connectivity index (χ3v) is 7.28. The van der Waals surface area contributed by atoms with Crippen molar-refractivity contribution in [2.45, 2.75) is 43.5 Å². The van der Waals surface area contributed by atoms with Gasteiger partial charge in [-0.3, -0.25) is 4.90 Å². The van der Waals surface area contributed by atoms with Crippen molar-refractivity contribution < 1.29 is 13.2 Å². The third-order valence-electron chi connectivity index (χ3n) is 5.15. The van der Waals surface area contributed by atoms with Crippen molar-refractivity contribution in [3.05, 3.63) is 46.2 Å². The fraction of sp³-hybridized carbons (Fsp3) is 0.500. The van der Waals surface area contributed by atoms with Gasteiger partial charge in [0.05, 0.1) is 12.0 Å². The highest BCUT2D eigenvalue weighted by Crippen LogP contribution is 2.27. The molecule has 1 atom stereocenters. The van der Waals surface area contributed by atoms with Crippen LogP contribution in [0.2, 0.25) is 0 Å². The summed E-state index contributed by atoms with van der Waals surface area (Å²) in [6, 6.07) is 7.14. The molecule has 5 nitrogen and oxygen atoms in total. The first-order chi connectivity index (χ1) is 13.0. The van der Waals surface area contributed by atoms with E-state index in [9.17, 15) is 8.42 Å². The van der Waals surface area contributed by atoms with E-state index >= 15 is 0 Å². The number of benzene rings is 1. The minimum Gasteiger partial charge on any atom is -0.496 e. The van der Waals surface area contributed by atoms with Crippen molar-refractivity contribution in [1.29, 1.82) is 0 Å². The van der Waals surface area contributed by atoms with Crippen molar-refractivity contribution >= 4 is 21.4 Å². The van der Waals surface area contributed by atoms with Crippen LogP contribution in [-0.4, -0.2) is 40.1 Å². The highest BCUT2D eigenvalue weighted by Gasteiger charge is 2.24. The van der Waals surface area contributed by atoms with Crippen LogP contribution in [0.4, 0.5) is 0 Å². The molecule has 1 aromatic heterocycles. The molecule has 2 heterocycles. The summed E-state index contributed by atoms with van der Waals surface area (Å²) in [5.74, 6) is 0.690. The Labute approximate surface area is 166 Å². The lowest BCUT2D eigenvalue weighted by Crippen LogP contribution is -2.38. The van der Waals surface area contributed by atoms with Gasteiger partial charge < -0.3 is 4.74 Å². The number of aryl methyl sites for hydroxylation is 1. The lowest BCUT2D eigenvalue weighted by Gasteiger charge is -2.30. The molecule has 1 aromatic carbocycles. The van der Waals surface area contributed by atoms with Crippen LogP contribution in [0.15, 0.2) is 39.9 Å². The molecule has 1 aliphatic rings. The Morgan fingerprint density at radius 3 is 2.52 bits per heavy atom. The summed E-state index contributed by atoms with van der Waals surface area (Å²) in [5.41, 5.74) is 2.00. The fourth-order valence-electron chi connectivity index (χ4n) is 3.62. The number of hydrogen-bond donors (Lipinski definition) is 1. The number of thiophene rings is 1. The van der Waals surface area contributed by atoms with Gasteiger partial charge >= 0.3 is 0 Å². The molecular weight excluding hydrogens is 380 g/mol. The van der Waals surface area contributed by atoms with Gasteiger partial charge in [0.2, 0.25) is 10.0 Å². The van der Waals surface area contributed by atoms with Crippen molar-refractivity contribution in [1.82, 2.24) is 9.62 Å². The maximum absolute atomic E-state index is 12.8. The number of nitrogens with zero attached hydrogens (tertiary/aromatic N) is 1. The van der Waals surface area contributed by atoms with Crippen LogP contribution in [0.1, 0.15) is 42.9 Å². The van der Waals surface area contributed by atoms with Crippen LogP contribution in [0, 0.1) is 6.92 Å². The molecule has 0 radical (unpaired) electrons. The molecule has 2 aromatic rings. The maximum Gasteiger partial charge on any atom is 0.240 e. The SMILES string of the molecule is COc1ccc(S(=O)(=O)NC[C@H](c2ccsc2)N2CCCCCC2)cc1C. The summed E-state index contributed by atoms with van der Waals surface area (Å²) in [4.78, 5) is 2.71. The quantitative estimate of drug-likeness (QED) is 0.753. The van der Waals surface area contributed by atoms with Crippen molar-refractivity contribution in [3.63, 3.8) is 0 Å². The van der Waals surface area contributed by atoms with Crippen molar-refractivity contribution in [2.75, 3.05) is 26.7 Å². The molecule has 0 spiro atoms. The monoisotopic (exact) mass is 408 g/mol. The van der Waals surface area contributed by atoms with Crippen LogP contribution < -0.4 is 9.46 Å². The Hall–Kier alpha value is -1.41. The van der Waals surface area contributed by atoms with Gasteiger partial charge in [-0.25, -0.2) is 13.1 Å². The zero-order valence-electron chi connectivity index (χ0n) is 16.0. The van der Waals surface area contributed by atoms with Gasteiger partial charge in [0.15, 0.2) is 0 Å². The number of ether oxygens (including phenoxy) is 1. The number of sulfonamides is 1. The van der Waals surface area contributed by atoms with E-state index in [1.807, 2.05) is 6.92 Å². The first-order valence-electron chi connectivity index (χ1n) is 9.42. The summed E-state index contributed by atoms with van der Waals surface area (Å²) in [6.45, 7) is 4.27. The van der Waals surface area contributed by atoms with Gasteiger partial charge in [0.1, 0.15) is 5.75 Å². The molecule has 1 fully saturated rings. The van der Waals surface area contributed by atoms with E-state index < -0.39 is 10.0 Å². The van der Waals surface area contributed by atoms with Crippen LogP contribution in [0.5, 0.6) is 5.75 Å². The lowest BCUT2D eigenvalue weighted by atomic mass is 10.1. The van der Waals surface area contributed by atoms with Gasteiger partial charge in [-0.2, -0.15) is 11.3 Å². The Balaban J connectivity index is 1.76. The van der Waals surface area contributed by atoms with E-state index in [1.165, 1.54) is 31.2 Å². The summed E-state index contributed by atoms with van der Waals surface area (Å²) in [7, 11) is -1.99. The Morgan fingerprint density at radius 1 is 1.19 bits per heavy atom. The molecule has 0 amide bonds. The Morgan fingerprint density at radius 2 is 1.93 bits per heavy atom. The number of rotatable bonds is 7. The van der Waals surface area contributed by atoms with E-state index in [1.54, 1.807) is 36.6 Å². The smallest absolute Gasteiger partial charge is 0.240 e. The molecule has 0 aliphatic carbocycles. The van der Waals surface area contributed by atoms with Crippen LogP contribution >= 0.6 is 11.3 Å². The Kier molecular flexibility index (Phi) is 6.92. The highest BCUT2D eigenvalue weighted by molar-refractivity contribution is 7.89. The first-order valence-corrected chi connectivity index (χ1v) is 11.8. The summed E-state index contributed by atoms with van der Waals surface area (Å²) >= 11 is 1.66. The average Bonchev–Trinajstić information content (AvgIpc) is 3.04. The highest BCUT2D eigenvalue weighted by atomic mass is 32.2. The number of methoxy groups -OCH3 is 1. The Bertz CT molecular complexity index is 827. The molecule has 3 rings (SSSR count). The molecule has 0 unspecified atom stereocenters. The molecule has 27 heavy (non-hydrogen) atoms. The van der Waals surface area contributed by atoms with Crippen LogP contribution in [-0.2, 0) is 10.0 Å². The minimum absolute atomic E-state index is 0.0727. The van der Waals surface area contributed by atoms with Gasteiger partial charge in [0, 0.05) is 12.6 Å². The molecule has 7 heteroatoms. The van der Waals surface area contributed by atoms with Gasteiger partial charge in [-0.1, -0.05) is 12.8 Å². The average molecular weight is 409 g/mol. The number of likely N-dealkylation sites (tertiary alicyclic amines) is 1. The van der Waals surface area contributed by atoms with Crippen LogP contribution in [0.3, 0.4) is 0 Å². The predicted octanol–water partition coefficient (Wildman–Crippen LogP) is 3.96. The second-order valence-electron chi connectivity index (χ2n) is 7.01. The fourth-order valence-corrected chi connectivity index (χ4v) is 5.45. The summed E-state index contributed by atoms with van der Waals surface area (Å²) in [6.07, 6.45) is 4.85. The molecule has 1 N–H and O–H groups in total. The lowest BCUT2D eigenvalue weighted by molar-refractivity contribution is 0.206. The van der Waals surface area contributed by atoms with Gasteiger partial charge in [-0.15, -0.1) is 0 Å². The zero-order valence-corrected chi connectivity index (χ0v) is 17.6. The summed E-state index contributed by atoms with van der Waals surface area (Å²) in [5, 5.41) is 4.18. The number of hydrogen-bond acceptors (Lipinski definition) is 5. The van der Waals surface area contributed by atoms with Gasteiger partial charge in [-0.05, 0) is 79.0 Å². The number of nitrogens with one attached hydrogen (secondary N) is 1. The van der Waals surface area contributed by atoms with E-state index in [2.05, 4.69) is 26.4 Å². The normalized spacial score (nSPS) is 17.4. The third kappa shape index (κ3) is 5.10. The first kappa shape index (κ1) is 20.3.